The smallest absolute Gasteiger partial charge is 0.109 e. The number of ether oxygens (including phenoxy) is 2. The molecule has 0 amide bonds. The van der Waals surface area contributed by atoms with E-state index in [1.54, 1.807) is 12.0 Å². The molecule has 2 nitrogen and oxygen atoms in total. The Morgan fingerprint density at radius 2 is 1.60 bits per heavy atom. The Bertz CT molecular complexity index is 856. The van der Waals surface area contributed by atoms with Crippen molar-refractivity contribution in [3.8, 4) is 0 Å². The van der Waals surface area contributed by atoms with Crippen molar-refractivity contribution in [3.63, 3.8) is 0 Å². The predicted molar refractivity (Wildman–Crippen MR) is 90.4 cm³/mol. The first-order valence-corrected chi connectivity index (χ1v) is 10.4. The minimum absolute atomic E-state index is 0.388. The lowest BCUT2D eigenvalue weighted by molar-refractivity contribution is 0.0143. The first-order chi connectivity index (χ1) is 12.4. The normalized spacial score (nSPS) is 64.2. The minimum Gasteiger partial charge on any atom is -0.373 e. The van der Waals surface area contributed by atoms with Crippen LogP contribution in [0.15, 0.2) is 41.5 Å². The summed E-state index contributed by atoms with van der Waals surface area (Å²) in [7, 11) is 0. The van der Waals surface area contributed by atoms with E-state index in [9.17, 15) is 0 Å². The fraction of sp³-hybridized carbons (Fsp3) is 0.652. The Morgan fingerprint density at radius 1 is 0.920 bits per heavy atom. The molecule has 2 heteroatoms. The quantitative estimate of drug-likeness (QED) is 0.624. The number of hydrogen-bond acceptors (Lipinski definition) is 2. The van der Waals surface area contributed by atoms with Crippen LogP contribution in [0.1, 0.15) is 24.8 Å². The van der Waals surface area contributed by atoms with Crippen LogP contribution in [0.25, 0.3) is 0 Å². The SMILES string of the molecule is c1ccc(COC2CC(=C3[C@H]4[C@H]5[C@H]6[C@H]7[C@H]5[C@H]3[C@]35O[C@@]43[C@@H]6C[C@@H]75)C2)cc1. The molecule has 10 atom stereocenters. The van der Waals surface area contributed by atoms with Crippen LogP contribution >= 0.6 is 0 Å². The van der Waals surface area contributed by atoms with Crippen LogP contribution in [-0.2, 0) is 16.1 Å². The van der Waals surface area contributed by atoms with E-state index < -0.39 is 0 Å². The summed E-state index contributed by atoms with van der Waals surface area (Å²) < 4.78 is 12.9. The van der Waals surface area contributed by atoms with Gasteiger partial charge in [0.2, 0.25) is 0 Å². The van der Waals surface area contributed by atoms with Crippen LogP contribution in [-0.4, -0.2) is 17.3 Å². The summed E-state index contributed by atoms with van der Waals surface area (Å²) in [5.74, 6) is 7.96. The average Bonchev–Trinajstić information content (AvgIpc) is 2.71. The number of benzene rings is 1. The summed E-state index contributed by atoms with van der Waals surface area (Å²) in [4.78, 5) is 0. The summed E-state index contributed by atoms with van der Waals surface area (Å²) in [6, 6.07) is 10.6. The second kappa shape index (κ2) is 3.27. The van der Waals surface area contributed by atoms with E-state index in [-0.39, 0.29) is 0 Å². The maximum absolute atomic E-state index is 6.70. The molecule has 1 saturated heterocycles. The van der Waals surface area contributed by atoms with Gasteiger partial charge in [-0.15, -0.1) is 0 Å². The highest BCUT2D eigenvalue weighted by atomic mass is 16.6. The van der Waals surface area contributed by atoms with Crippen LogP contribution < -0.4 is 0 Å². The van der Waals surface area contributed by atoms with Gasteiger partial charge >= 0.3 is 0 Å². The summed E-state index contributed by atoms with van der Waals surface area (Å²) in [6.45, 7) is 0.775. The summed E-state index contributed by atoms with van der Waals surface area (Å²) in [5.41, 5.74) is 5.83. The summed E-state index contributed by atoms with van der Waals surface area (Å²) in [6.07, 6.45) is 4.43. The van der Waals surface area contributed by atoms with Gasteiger partial charge in [0.25, 0.3) is 0 Å². The first-order valence-electron chi connectivity index (χ1n) is 10.4. The van der Waals surface area contributed by atoms with Crippen molar-refractivity contribution in [2.75, 3.05) is 0 Å². The third kappa shape index (κ3) is 0.907. The van der Waals surface area contributed by atoms with Crippen LogP contribution in [0.3, 0.4) is 0 Å². The first kappa shape index (κ1) is 12.3. The zero-order valence-electron chi connectivity index (χ0n) is 14.2. The predicted octanol–water partition coefficient (Wildman–Crippen LogP) is 3.57. The maximum Gasteiger partial charge on any atom is 0.109 e. The van der Waals surface area contributed by atoms with Crippen molar-refractivity contribution in [2.45, 2.75) is 43.2 Å². The highest BCUT2D eigenvalue weighted by molar-refractivity contribution is 5.62. The third-order valence-corrected chi connectivity index (χ3v) is 10.3. The molecule has 2 spiro atoms. The van der Waals surface area contributed by atoms with E-state index in [2.05, 4.69) is 30.3 Å². The van der Waals surface area contributed by atoms with E-state index in [4.69, 9.17) is 9.47 Å². The topological polar surface area (TPSA) is 21.8 Å². The second-order valence-electron chi connectivity index (χ2n) is 10.3. The Hall–Kier alpha value is -1.12. The van der Waals surface area contributed by atoms with E-state index in [0.29, 0.717) is 17.3 Å². The molecule has 0 unspecified atom stereocenters. The Kier molecular flexibility index (Phi) is 1.61. The van der Waals surface area contributed by atoms with Crippen molar-refractivity contribution in [3.05, 3.63) is 47.0 Å². The van der Waals surface area contributed by atoms with Crippen LogP contribution in [0.5, 0.6) is 0 Å². The lowest BCUT2D eigenvalue weighted by Gasteiger charge is -2.43. The van der Waals surface area contributed by atoms with Gasteiger partial charge in [-0.3, -0.25) is 0 Å². The Balaban J connectivity index is 1.03. The van der Waals surface area contributed by atoms with Gasteiger partial charge in [-0.1, -0.05) is 41.5 Å². The molecule has 8 aliphatic carbocycles. The zero-order chi connectivity index (χ0) is 15.7. The molecule has 1 aromatic carbocycles. The van der Waals surface area contributed by atoms with Gasteiger partial charge in [0.15, 0.2) is 0 Å². The molecule has 1 aliphatic heterocycles. The molecule has 1 aromatic rings. The van der Waals surface area contributed by atoms with Crippen molar-refractivity contribution in [1.29, 1.82) is 0 Å². The third-order valence-electron chi connectivity index (χ3n) is 10.3. The van der Waals surface area contributed by atoms with Gasteiger partial charge in [0.05, 0.1) is 12.7 Å². The van der Waals surface area contributed by atoms with E-state index >= 15 is 0 Å². The molecule has 0 aromatic heterocycles. The molecule has 126 valence electrons. The largest absolute Gasteiger partial charge is 0.373 e. The van der Waals surface area contributed by atoms with Crippen molar-refractivity contribution in [1.82, 2.24) is 0 Å². The van der Waals surface area contributed by atoms with Gasteiger partial charge in [0.1, 0.15) is 11.2 Å². The lowest BCUT2D eigenvalue weighted by atomic mass is 9.60. The van der Waals surface area contributed by atoms with Gasteiger partial charge in [-0.2, -0.15) is 0 Å². The van der Waals surface area contributed by atoms with E-state index in [1.165, 1.54) is 18.4 Å². The van der Waals surface area contributed by atoms with Gasteiger partial charge in [-0.25, -0.2) is 0 Å². The molecular formula is C23H22O2. The highest BCUT2D eigenvalue weighted by Gasteiger charge is 3.07. The molecule has 0 N–H and O–H groups in total. The molecule has 9 fully saturated rings. The molecule has 10 rings (SSSR count). The zero-order valence-corrected chi connectivity index (χ0v) is 14.2. The second-order valence-corrected chi connectivity index (χ2v) is 10.3. The van der Waals surface area contributed by atoms with Gasteiger partial charge in [-0.05, 0) is 60.3 Å². The lowest BCUT2D eigenvalue weighted by Crippen LogP contribution is -2.41. The molecule has 9 aliphatic rings. The molecule has 4 bridgehead atoms. The fourth-order valence-corrected chi connectivity index (χ4v) is 10.1. The van der Waals surface area contributed by atoms with Crippen molar-refractivity contribution in [2.24, 2.45) is 47.3 Å². The highest BCUT2D eigenvalue weighted by Crippen LogP contribution is 3.02. The minimum atomic E-state index is 0.388. The van der Waals surface area contributed by atoms with Crippen LogP contribution in [0, 0.1) is 47.3 Å². The number of rotatable bonds is 3. The Labute approximate surface area is 147 Å². The molecule has 0 radical (unpaired) electrons. The van der Waals surface area contributed by atoms with Crippen LogP contribution in [0.4, 0.5) is 0 Å². The van der Waals surface area contributed by atoms with Gasteiger partial charge in [0, 0.05) is 11.8 Å². The fourth-order valence-electron chi connectivity index (χ4n) is 10.1. The molecule has 1 heterocycles. The van der Waals surface area contributed by atoms with E-state index in [1.807, 2.05) is 5.57 Å². The van der Waals surface area contributed by atoms with Crippen molar-refractivity contribution >= 4 is 0 Å². The van der Waals surface area contributed by atoms with Gasteiger partial charge < -0.3 is 9.47 Å². The monoisotopic (exact) mass is 330 g/mol. The molecular weight excluding hydrogens is 308 g/mol. The molecule has 25 heavy (non-hydrogen) atoms. The number of epoxide rings is 1. The summed E-state index contributed by atoms with van der Waals surface area (Å²) in [5, 5.41) is 0. The van der Waals surface area contributed by atoms with E-state index in [0.717, 1.165) is 54.0 Å². The summed E-state index contributed by atoms with van der Waals surface area (Å²) >= 11 is 0. The van der Waals surface area contributed by atoms with Crippen LogP contribution in [0.2, 0.25) is 0 Å². The number of hydrogen-bond donors (Lipinski definition) is 0. The Morgan fingerprint density at radius 3 is 2.28 bits per heavy atom. The standard InChI is InChI=1S/C23H22O2/c1-2-4-10(5-3-1)9-24-12-6-11(7-12)15-20-18-16-13-8-14-17(16)19(18)21(15)23(14)22(13,20)25-23/h1-5,12-14,16-21H,6-9H2/t12?,13-,14+,16-,17+,18+,19-,20-,21-,22-,23-/m0/s1. The van der Waals surface area contributed by atoms with Crippen molar-refractivity contribution < 1.29 is 9.47 Å². The maximum atomic E-state index is 6.70. The average molecular weight is 330 g/mol. The molecule has 8 saturated carbocycles.